The topological polar surface area (TPSA) is 175 Å². The first-order valence-electron chi connectivity index (χ1n) is 10.9. The quantitative estimate of drug-likeness (QED) is 0.217. The predicted molar refractivity (Wildman–Crippen MR) is 126 cm³/mol. The zero-order valence-electron chi connectivity index (χ0n) is 19.0. The number of ether oxygens (including phenoxy) is 2. The van der Waals surface area contributed by atoms with E-state index in [1.807, 2.05) is 0 Å². The number of nitro groups is 1. The lowest BCUT2D eigenvalue weighted by Crippen LogP contribution is -2.59. The number of amides is 1. The molecule has 0 saturated carbocycles. The Labute approximate surface area is 209 Å². The average Bonchev–Trinajstić information content (AvgIpc) is 3.18. The molecule has 2 aliphatic rings. The lowest BCUT2D eigenvalue weighted by atomic mass is 9.83. The smallest absolute Gasteiger partial charge is 0.477 e. The van der Waals surface area contributed by atoms with Gasteiger partial charge in [0.15, 0.2) is 0 Å². The summed E-state index contributed by atoms with van der Waals surface area (Å²) in [6.45, 7) is 1.49. The second-order valence-electron chi connectivity index (χ2n) is 8.31. The predicted octanol–water partition coefficient (Wildman–Crippen LogP) is 3.32. The Morgan fingerprint density at radius 3 is 2.69 bits per heavy atom. The number of thioether (sulfide) groups is 1. The van der Waals surface area contributed by atoms with Crippen LogP contribution in [0.15, 0.2) is 58.2 Å². The second kappa shape index (κ2) is 10.2. The van der Waals surface area contributed by atoms with Crippen LogP contribution < -0.4 is 5.73 Å². The summed E-state index contributed by atoms with van der Waals surface area (Å²) in [7, 11) is 0. The summed E-state index contributed by atoms with van der Waals surface area (Å²) in [5.41, 5.74) is 6.76. The van der Waals surface area contributed by atoms with Crippen LogP contribution in [0, 0.1) is 16.0 Å². The third-order valence-electron chi connectivity index (χ3n) is 5.88. The minimum atomic E-state index is -1.20. The monoisotopic (exact) mass is 514 g/mol. The number of carbonyl (C=O) groups excluding carboxylic acids is 2. The van der Waals surface area contributed by atoms with Gasteiger partial charge in [-0.25, -0.2) is 9.59 Å². The van der Waals surface area contributed by atoms with Crippen LogP contribution in [-0.2, 0) is 25.7 Å². The first-order chi connectivity index (χ1) is 17.2. The molecule has 1 unspecified atom stereocenters. The number of nitro benzene ring substituents is 1. The summed E-state index contributed by atoms with van der Waals surface area (Å²) in [5.74, 6) is -2.05. The molecule has 1 amide bonds. The fraction of sp³-hybridized carbons (Fsp3) is 0.304. The third kappa shape index (κ3) is 5.10. The van der Waals surface area contributed by atoms with Crippen molar-refractivity contribution in [3.8, 4) is 0 Å². The maximum Gasteiger partial charge on any atom is 0.508 e. The normalized spacial score (nSPS) is 19.4. The molecule has 2 aliphatic heterocycles. The molecule has 1 aromatic carbocycles. The fourth-order valence-electron chi connectivity index (χ4n) is 4.18. The van der Waals surface area contributed by atoms with Gasteiger partial charge in [-0.05, 0) is 37.1 Å². The van der Waals surface area contributed by atoms with Crippen molar-refractivity contribution in [3.63, 3.8) is 0 Å². The number of β-lactam (4-membered cyclic amide) rings is 1. The highest BCUT2D eigenvalue weighted by Gasteiger charge is 2.55. The van der Waals surface area contributed by atoms with Crippen molar-refractivity contribution < 1.29 is 33.9 Å². The number of nitrogen functional groups attached to an aromatic ring is 1. The van der Waals surface area contributed by atoms with Gasteiger partial charge in [0.25, 0.3) is 5.69 Å². The van der Waals surface area contributed by atoms with Crippen LogP contribution in [0.2, 0.25) is 0 Å². The van der Waals surface area contributed by atoms with E-state index in [1.54, 1.807) is 19.2 Å². The first-order valence-corrected chi connectivity index (χ1v) is 11.7. The van der Waals surface area contributed by atoms with Crippen LogP contribution in [0.1, 0.15) is 25.3 Å². The van der Waals surface area contributed by atoms with E-state index < -0.39 is 29.1 Å². The summed E-state index contributed by atoms with van der Waals surface area (Å²) in [5, 5.41) is 20.4. The standard InChI is InChI=1S/C23H22N4O8S/c1-12(35-23(31)34-11-13-2-4-14(5-3-13)27(32)33)8-15-17-9-19(20(22(29)30)26(17)21(15)28)36-18-6-7-25-10-16(18)24/h2-7,10,12,15,17H,8-9,11,24H2,1H3,(H,29,30)/t12?,15-,17-/m1/s1. The summed E-state index contributed by atoms with van der Waals surface area (Å²) in [6, 6.07) is 6.88. The van der Waals surface area contributed by atoms with Crippen LogP contribution in [0.25, 0.3) is 0 Å². The summed E-state index contributed by atoms with van der Waals surface area (Å²) in [4.78, 5) is 53.3. The van der Waals surface area contributed by atoms with Crippen molar-refractivity contribution in [2.45, 2.75) is 43.4 Å². The molecule has 36 heavy (non-hydrogen) atoms. The highest BCUT2D eigenvalue weighted by molar-refractivity contribution is 8.03. The molecular weight excluding hydrogens is 492 g/mol. The molecular formula is C23H22N4O8S. The Morgan fingerprint density at radius 1 is 1.33 bits per heavy atom. The van der Waals surface area contributed by atoms with Crippen molar-refractivity contribution in [2.75, 3.05) is 5.73 Å². The molecule has 1 saturated heterocycles. The van der Waals surface area contributed by atoms with E-state index in [1.165, 1.54) is 47.1 Å². The number of aliphatic carboxylic acids is 1. The molecule has 3 heterocycles. The summed E-state index contributed by atoms with van der Waals surface area (Å²) in [6.07, 6.45) is 1.98. The van der Waals surface area contributed by atoms with Gasteiger partial charge in [-0.3, -0.25) is 19.9 Å². The van der Waals surface area contributed by atoms with Gasteiger partial charge in [0.1, 0.15) is 18.4 Å². The minimum absolute atomic E-state index is 0.0569. The van der Waals surface area contributed by atoms with Crippen LogP contribution in [0.5, 0.6) is 0 Å². The zero-order valence-corrected chi connectivity index (χ0v) is 19.8. The molecule has 0 bridgehead atoms. The fourth-order valence-corrected chi connectivity index (χ4v) is 5.29. The molecule has 13 heteroatoms. The largest absolute Gasteiger partial charge is 0.508 e. The Kier molecular flexibility index (Phi) is 7.10. The first kappa shape index (κ1) is 25.0. The Bertz CT molecular complexity index is 1250. The highest BCUT2D eigenvalue weighted by Crippen LogP contribution is 2.49. The Hall–Kier alpha value is -4.13. The number of fused-ring (bicyclic) bond motifs is 1. The second-order valence-corrected chi connectivity index (χ2v) is 9.44. The Morgan fingerprint density at radius 2 is 2.06 bits per heavy atom. The highest BCUT2D eigenvalue weighted by atomic mass is 32.2. The van der Waals surface area contributed by atoms with E-state index in [0.717, 1.165) is 0 Å². The molecule has 3 N–H and O–H groups in total. The molecule has 0 radical (unpaired) electrons. The van der Waals surface area contributed by atoms with E-state index in [2.05, 4.69) is 4.98 Å². The number of carboxylic acids is 1. The van der Waals surface area contributed by atoms with Gasteiger partial charge in [0.05, 0.1) is 28.8 Å². The van der Waals surface area contributed by atoms with E-state index in [4.69, 9.17) is 15.2 Å². The van der Waals surface area contributed by atoms with Gasteiger partial charge in [-0.15, -0.1) is 0 Å². The van der Waals surface area contributed by atoms with Crippen LogP contribution in [0.4, 0.5) is 16.2 Å². The summed E-state index contributed by atoms with van der Waals surface area (Å²) < 4.78 is 10.3. The van der Waals surface area contributed by atoms with Gasteiger partial charge in [-0.2, -0.15) is 0 Å². The van der Waals surface area contributed by atoms with Gasteiger partial charge >= 0.3 is 12.1 Å². The van der Waals surface area contributed by atoms with Crippen LogP contribution >= 0.6 is 11.8 Å². The maximum atomic E-state index is 12.8. The molecule has 188 valence electrons. The molecule has 3 atom stereocenters. The number of pyridine rings is 1. The number of nitrogens with two attached hydrogens (primary N) is 1. The number of nitrogens with zero attached hydrogens (tertiary/aromatic N) is 3. The number of anilines is 1. The number of benzene rings is 1. The van der Waals surface area contributed by atoms with Crippen molar-refractivity contribution >= 4 is 41.2 Å². The SMILES string of the molecule is CC(C[C@H]1C(=O)N2C(C(=O)O)=C(Sc3ccncc3N)C[C@H]12)OC(=O)OCc1ccc([N+](=O)[O-])cc1. The molecule has 2 aromatic rings. The average molecular weight is 515 g/mol. The van der Waals surface area contributed by atoms with Crippen molar-refractivity contribution in [3.05, 3.63) is 69.0 Å². The van der Waals surface area contributed by atoms with E-state index in [0.29, 0.717) is 27.5 Å². The number of carboxylic acid groups (broad SMARTS) is 1. The molecule has 1 fully saturated rings. The molecule has 0 spiro atoms. The molecule has 12 nitrogen and oxygen atoms in total. The van der Waals surface area contributed by atoms with E-state index in [-0.39, 0.29) is 36.4 Å². The molecule has 4 rings (SSSR count). The van der Waals surface area contributed by atoms with Crippen LogP contribution in [-0.4, -0.2) is 50.1 Å². The number of hydrogen-bond acceptors (Lipinski definition) is 10. The minimum Gasteiger partial charge on any atom is -0.477 e. The van der Waals surface area contributed by atoms with Crippen molar-refractivity contribution in [2.24, 2.45) is 5.92 Å². The van der Waals surface area contributed by atoms with Crippen LogP contribution in [0.3, 0.4) is 0 Å². The number of non-ortho nitro benzene ring substituents is 1. The van der Waals surface area contributed by atoms with Gasteiger partial charge < -0.3 is 25.2 Å². The molecule has 0 aliphatic carbocycles. The van der Waals surface area contributed by atoms with Gasteiger partial charge in [-0.1, -0.05) is 11.8 Å². The van der Waals surface area contributed by atoms with E-state index in [9.17, 15) is 29.6 Å². The van der Waals surface area contributed by atoms with Crippen molar-refractivity contribution in [1.29, 1.82) is 0 Å². The number of aromatic nitrogens is 1. The number of hydrogen-bond donors (Lipinski definition) is 2. The number of carbonyl (C=O) groups is 3. The summed E-state index contributed by atoms with van der Waals surface area (Å²) >= 11 is 1.20. The lowest BCUT2D eigenvalue weighted by Gasteiger charge is -2.43. The van der Waals surface area contributed by atoms with Gasteiger partial charge in [0, 0.05) is 34.6 Å². The number of rotatable bonds is 9. The van der Waals surface area contributed by atoms with E-state index >= 15 is 0 Å². The maximum absolute atomic E-state index is 12.8. The van der Waals surface area contributed by atoms with Gasteiger partial charge in [0.2, 0.25) is 5.91 Å². The van der Waals surface area contributed by atoms with Crippen molar-refractivity contribution in [1.82, 2.24) is 9.88 Å². The zero-order chi connectivity index (χ0) is 26.0. The lowest BCUT2D eigenvalue weighted by molar-refractivity contribution is -0.384. The third-order valence-corrected chi connectivity index (χ3v) is 7.08. The Balaban J connectivity index is 1.32. The molecule has 1 aromatic heterocycles.